The minimum atomic E-state index is -0.151. The Bertz CT molecular complexity index is 844. The highest BCUT2D eigenvalue weighted by Gasteiger charge is 2.11. The van der Waals surface area contributed by atoms with Crippen LogP contribution in [0.3, 0.4) is 0 Å². The van der Waals surface area contributed by atoms with Crippen LogP contribution < -0.4 is 5.32 Å². The second-order valence-electron chi connectivity index (χ2n) is 5.21. The number of hydrogen-bond acceptors (Lipinski definition) is 4. The van der Waals surface area contributed by atoms with Gasteiger partial charge in [0.2, 0.25) is 0 Å². The van der Waals surface area contributed by atoms with Crippen molar-refractivity contribution >= 4 is 17.5 Å². The Labute approximate surface area is 144 Å². The third-order valence-corrected chi connectivity index (χ3v) is 3.83. The molecule has 122 valence electrons. The fourth-order valence-electron chi connectivity index (χ4n) is 2.31. The molecule has 3 rings (SSSR count). The largest absolute Gasteiger partial charge is 0.348 e. The Hall–Kier alpha value is -2.73. The lowest BCUT2D eigenvalue weighted by atomic mass is 10.1. The van der Waals surface area contributed by atoms with Crippen molar-refractivity contribution in [2.45, 2.75) is 20.0 Å². The summed E-state index contributed by atoms with van der Waals surface area (Å²) in [5.41, 5.74) is 2.35. The molecule has 1 aromatic heterocycles. The fourth-order valence-corrected chi connectivity index (χ4v) is 2.44. The van der Waals surface area contributed by atoms with Crippen LogP contribution in [0.5, 0.6) is 0 Å². The van der Waals surface area contributed by atoms with E-state index in [1.165, 1.54) is 0 Å². The van der Waals surface area contributed by atoms with E-state index in [9.17, 15) is 4.79 Å². The summed E-state index contributed by atoms with van der Waals surface area (Å²) >= 11 is 5.86. The van der Waals surface area contributed by atoms with E-state index in [0.29, 0.717) is 29.5 Å². The highest BCUT2D eigenvalue weighted by atomic mass is 35.5. The van der Waals surface area contributed by atoms with Crippen LogP contribution in [0.4, 0.5) is 0 Å². The van der Waals surface area contributed by atoms with Gasteiger partial charge in [-0.2, -0.15) is 0 Å². The molecule has 6 nitrogen and oxygen atoms in total. The van der Waals surface area contributed by atoms with E-state index >= 15 is 0 Å². The Morgan fingerprint density at radius 1 is 1.21 bits per heavy atom. The molecule has 24 heavy (non-hydrogen) atoms. The van der Waals surface area contributed by atoms with E-state index < -0.39 is 0 Å². The predicted molar refractivity (Wildman–Crippen MR) is 91.5 cm³/mol. The van der Waals surface area contributed by atoms with Gasteiger partial charge < -0.3 is 5.32 Å². The van der Waals surface area contributed by atoms with Crippen LogP contribution >= 0.6 is 11.6 Å². The summed E-state index contributed by atoms with van der Waals surface area (Å²) < 4.78 is 1.69. The van der Waals surface area contributed by atoms with Crippen molar-refractivity contribution in [3.63, 3.8) is 0 Å². The van der Waals surface area contributed by atoms with Crippen molar-refractivity contribution in [2.75, 3.05) is 0 Å². The quantitative estimate of drug-likeness (QED) is 0.774. The predicted octanol–water partition coefficient (Wildman–Crippen LogP) is 2.94. The maximum absolute atomic E-state index is 12.4. The molecular formula is C17H16ClN5O. The Kier molecular flexibility index (Phi) is 4.86. The molecule has 2 aromatic carbocycles. The summed E-state index contributed by atoms with van der Waals surface area (Å²) in [6.07, 6.45) is 0. The SMILES string of the molecule is CCn1nnnc1-c1cccc(C(=O)NCc2ccc(Cl)cc2)c1. The number of rotatable bonds is 5. The van der Waals surface area contributed by atoms with Gasteiger partial charge in [0.25, 0.3) is 5.91 Å². The van der Waals surface area contributed by atoms with Crippen molar-refractivity contribution in [3.05, 3.63) is 64.7 Å². The molecule has 0 saturated heterocycles. The molecule has 1 N–H and O–H groups in total. The lowest BCUT2D eigenvalue weighted by Gasteiger charge is -2.07. The lowest BCUT2D eigenvalue weighted by molar-refractivity contribution is 0.0951. The Balaban J connectivity index is 1.73. The molecule has 1 heterocycles. The van der Waals surface area contributed by atoms with Crippen molar-refractivity contribution in [1.82, 2.24) is 25.5 Å². The van der Waals surface area contributed by atoms with E-state index in [4.69, 9.17) is 11.6 Å². The second-order valence-corrected chi connectivity index (χ2v) is 5.64. The van der Waals surface area contributed by atoms with Crippen molar-refractivity contribution in [3.8, 4) is 11.4 Å². The number of nitrogens with one attached hydrogen (secondary N) is 1. The molecule has 0 saturated carbocycles. The number of hydrogen-bond donors (Lipinski definition) is 1. The molecule has 1 amide bonds. The number of aromatic nitrogens is 4. The van der Waals surface area contributed by atoms with E-state index in [1.54, 1.807) is 28.9 Å². The van der Waals surface area contributed by atoms with Gasteiger partial charge in [-0.25, -0.2) is 4.68 Å². The van der Waals surface area contributed by atoms with Crippen molar-refractivity contribution < 1.29 is 4.79 Å². The number of halogens is 1. The molecule has 7 heteroatoms. The van der Waals surface area contributed by atoms with Crippen LogP contribution in [0.15, 0.2) is 48.5 Å². The smallest absolute Gasteiger partial charge is 0.251 e. The van der Waals surface area contributed by atoms with E-state index in [2.05, 4.69) is 20.8 Å². The summed E-state index contributed by atoms with van der Waals surface area (Å²) in [5.74, 6) is 0.493. The molecule has 0 bridgehead atoms. The highest BCUT2D eigenvalue weighted by molar-refractivity contribution is 6.30. The zero-order valence-electron chi connectivity index (χ0n) is 13.1. The average molecular weight is 342 g/mol. The van der Waals surface area contributed by atoms with Gasteiger partial charge in [-0.1, -0.05) is 35.9 Å². The normalized spacial score (nSPS) is 10.6. The first-order valence-electron chi connectivity index (χ1n) is 7.56. The van der Waals surface area contributed by atoms with Crippen LogP contribution in [0.2, 0.25) is 5.02 Å². The van der Waals surface area contributed by atoms with Gasteiger partial charge in [-0.3, -0.25) is 4.79 Å². The first kappa shape index (κ1) is 16.1. The summed E-state index contributed by atoms with van der Waals surface area (Å²) in [4.78, 5) is 12.4. The molecule has 0 fully saturated rings. The van der Waals surface area contributed by atoms with E-state index in [-0.39, 0.29) is 5.91 Å². The Morgan fingerprint density at radius 3 is 2.75 bits per heavy atom. The van der Waals surface area contributed by atoms with Gasteiger partial charge in [0.05, 0.1) is 0 Å². The first-order chi connectivity index (χ1) is 11.7. The minimum absolute atomic E-state index is 0.151. The second kappa shape index (κ2) is 7.23. The average Bonchev–Trinajstić information content (AvgIpc) is 3.10. The molecule has 0 aliphatic heterocycles. The van der Waals surface area contributed by atoms with Gasteiger partial charge in [0.15, 0.2) is 5.82 Å². The minimum Gasteiger partial charge on any atom is -0.348 e. The molecule has 0 aliphatic carbocycles. The summed E-state index contributed by atoms with van der Waals surface area (Å²) in [7, 11) is 0. The molecule has 0 atom stereocenters. The molecular weight excluding hydrogens is 326 g/mol. The standard InChI is InChI=1S/C17H16ClN5O/c1-2-23-16(20-21-22-23)13-4-3-5-14(10-13)17(24)19-11-12-6-8-15(18)9-7-12/h3-10H,2,11H2,1H3,(H,19,24). The molecule has 0 spiro atoms. The van der Waals surface area contributed by atoms with Gasteiger partial charge in [-0.05, 0) is 47.2 Å². The number of aryl methyl sites for hydroxylation is 1. The molecule has 0 unspecified atom stereocenters. The third-order valence-electron chi connectivity index (χ3n) is 3.58. The fraction of sp³-hybridized carbons (Fsp3) is 0.176. The highest BCUT2D eigenvalue weighted by Crippen LogP contribution is 2.17. The maximum Gasteiger partial charge on any atom is 0.251 e. The van der Waals surface area contributed by atoms with Crippen LogP contribution in [-0.4, -0.2) is 26.1 Å². The van der Waals surface area contributed by atoms with Crippen molar-refractivity contribution in [1.29, 1.82) is 0 Å². The van der Waals surface area contributed by atoms with Gasteiger partial charge in [-0.15, -0.1) is 5.10 Å². The van der Waals surface area contributed by atoms with Gasteiger partial charge >= 0.3 is 0 Å². The third kappa shape index (κ3) is 3.60. The number of carbonyl (C=O) groups excluding carboxylic acids is 1. The number of carbonyl (C=O) groups is 1. The lowest BCUT2D eigenvalue weighted by Crippen LogP contribution is -2.22. The number of nitrogens with zero attached hydrogens (tertiary/aromatic N) is 4. The molecule has 0 radical (unpaired) electrons. The van der Waals surface area contributed by atoms with Crippen LogP contribution in [0, 0.1) is 0 Å². The zero-order chi connectivity index (χ0) is 16.9. The monoisotopic (exact) mass is 341 g/mol. The van der Waals surface area contributed by atoms with Crippen LogP contribution in [0.25, 0.3) is 11.4 Å². The molecule has 3 aromatic rings. The van der Waals surface area contributed by atoms with Gasteiger partial charge in [0.1, 0.15) is 0 Å². The number of tetrazole rings is 1. The summed E-state index contributed by atoms with van der Waals surface area (Å²) in [6, 6.07) is 14.6. The number of benzene rings is 2. The van der Waals surface area contributed by atoms with E-state index in [0.717, 1.165) is 11.1 Å². The summed E-state index contributed by atoms with van der Waals surface area (Å²) in [5, 5.41) is 15.2. The zero-order valence-corrected chi connectivity index (χ0v) is 13.9. The summed E-state index contributed by atoms with van der Waals surface area (Å²) in [6.45, 7) is 3.06. The Morgan fingerprint density at radius 2 is 2.00 bits per heavy atom. The van der Waals surface area contributed by atoms with E-state index in [1.807, 2.05) is 31.2 Å². The van der Waals surface area contributed by atoms with Crippen LogP contribution in [-0.2, 0) is 13.1 Å². The first-order valence-corrected chi connectivity index (χ1v) is 7.94. The van der Waals surface area contributed by atoms with Crippen molar-refractivity contribution in [2.24, 2.45) is 0 Å². The number of amides is 1. The molecule has 0 aliphatic rings. The van der Waals surface area contributed by atoms with Gasteiger partial charge in [0, 0.05) is 29.2 Å². The maximum atomic E-state index is 12.4. The topological polar surface area (TPSA) is 72.7 Å². The van der Waals surface area contributed by atoms with Crippen LogP contribution in [0.1, 0.15) is 22.8 Å².